The van der Waals surface area contributed by atoms with E-state index in [2.05, 4.69) is 23.3 Å². The number of nitrogens with zero attached hydrogens (tertiary/aromatic N) is 1. The third kappa shape index (κ3) is 2.86. The van der Waals surface area contributed by atoms with Crippen molar-refractivity contribution in [2.75, 3.05) is 5.32 Å². The van der Waals surface area contributed by atoms with Crippen molar-refractivity contribution in [2.24, 2.45) is 0 Å². The van der Waals surface area contributed by atoms with Crippen molar-refractivity contribution in [1.29, 1.82) is 0 Å². The SMILES string of the molecule is Cc1cncc(NC(C)Cc2ccco2)c1. The first-order valence-corrected chi connectivity index (χ1v) is 5.44. The Balaban J connectivity index is 1.94. The van der Waals surface area contributed by atoms with Gasteiger partial charge in [-0.3, -0.25) is 4.98 Å². The van der Waals surface area contributed by atoms with Gasteiger partial charge in [0.05, 0.1) is 12.0 Å². The molecule has 0 aromatic carbocycles. The highest BCUT2D eigenvalue weighted by Crippen LogP contribution is 2.11. The van der Waals surface area contributed by atoms with Crippen LogP contribution in [0.4, 0.5) is 5.69 Å². The van der Waals surface area contributed by atoms with Crippen molar-refractivity contribution in [3.05, 3.63) is 48.2 Å². The number of hydrogen-bond acceptors (Lipinski definition) is 3. The topological polar surface area (TPSA) is 38.1 Å². The van der Waals surface area contributed by atoms with Gasteiger partial charge in [-0.25, -0.2) is 0 Å². The van der Waals surface area contributed by atoms with Crippen LogP contribution in [-0.4, -0.2) is 11.0 Å². The first kappa shape index (κ1) is 10.7. The first-order valence-electron chi connectivity index (χ1n) is 5.44. The Hall–Kier alpha value is -1.77. The molecular weight excluding hydrogens is 200 g/mol. The third-order valence-electron chi connectivity index (χ3n) is 2.38. The molecule has 3 heteroatoms. The summed E-state index contributed by atoms with van der Waals surface area (Å²) in [5.41, 5.74) is 2.22. The average Bonchev–Trinajstić information content (AvgIpc) is 2.70. The standard InChI is InChI=1S/C13H16N2O/c1-10-6-12(9-14-8-10)15-11(2)7-13-4-3-5-16-13/h3-6,8-9,11,15H,7H2,1-2H3. The summed E-state index contributed by atoms with van der Waals surface area (Å²) in [5.74, 6) is 1.00. The van der Waals surface area contributed by atoms with Gasteiger partial charge in [0.15, 0.2) is 0 Å². The molecular formula is C13H16N2O. The number of anilines is 1. The first-order chi connectivity index (χ1) is 7.74. The molecule has 0 bridgehead atoms. The molecule has 0 saturated heterocycles. The zero-order chi connectivity index (χ0) is 11.4. The number of nitrogens with one attached hydrogen (secondary N) is 1. The molecule has 84 valence electrons. The molecule has 0 fully saturated rings. The maximum Gasteiger partial charge on any atom is 0.105 e. The van der Waals surface area contributed by atoms with Crippen LogP contribution in [0.3, 0.4) is 0 Å². The fourth-order valence-electron chi connectivity index (χ4n) is 1.70. The zero-order valence-corrected chi connectivity index (χ0v) is 9.60. The highest BCUT2D eigenvalue weighted by atomic mass is 16.3. The van der Waals surface area contributed by atoms with E-state index < -0.39 is 0 Å². The van der Waals surface area contributed by atoms with E-state index in [4.69, 9.17) is 4.42 Å². The van der Waals surface area contributed by atoms with E-state index in [1.165, 1.54) is 0 Å². The summed E-state index contributed by atoms with van der Waals surface area (Å²) in [6, 6.07) is 6.32. The molecule has 2 rings (SSSR count). The quantitative estimate of drug-likeness (QED) is 0.853. The Morgan fingerprint density at radius 1 is 1.44 bits per heavy atom. The number of aromatic nitrogens is 1. The summed E-state index contributed by atoms with van der Waals surface area (Å²) in [5, 5.41) is 3.40. The van der Waals surface area contributed by atoms with Crippen LogP contribution in [0.1, 0.15) is 18.2 Å². The molecule has 0 radical (unpaired) electrons. The van der Waals surface area contributed by atoms with Gasteiger partial charge in [0.2, 0.25) is 0 Å². The lowest BCUT2D eigenvalue weighted by molar-refractivity contribution is 0.498. The third-order valence-corrected chi connectivity index (χ3v) is 2.38. The monoisotopic (exact) mass is 216 g/mol. The van der Waals surface area contributed by atoms with Crippen molar-refractivity contribution in [2.45, 2.75) is 26.3 Å². The Morgan fingerprint density at radius 3 is 3.00 bits per heavy atom. The highest BCUT2D eigenvalue weighted by molar-refractivity contribution is 5.43. The molecule has 1 unspecified atom stereocenters. The van der Waals surface area contributed by atoms with Gasteiger partial charge >= 0.3 is 0 Å². The van der Waals surface area contributed by atoms with Crippen LogP contribution >= 0.6 is 0 Å². The molecule has 0 spiro atoms. The largest absolute Gasteiger partial charge is 0.469 e. The van der Waals surface area contributed by atoms with Crippen molar-refractivity contribution in [3.63, 3.8) is 0 Å². The van der Waals surface area contributed by atoms with Crippen LogP contribution in [0.5, 0.6) is 0 Å². The van der Waals surface area contributed by atoms with Crippen LogP contribution in [-0.2, 0) is 6.42 Å². The molecule has 2 aromatic heterocycles. The lowest BCUT2D eigenvalue weighted by Crippen LogP contribution is -2.17. The summed E-state index contributed by atoms with van der Waals surface area (Å²) < 4.78 is 5.31. The van der Waals surface area contributed by atoms with E-state index in [-0.39, 0.29) is 0 Å². The summed E-state index contributed by atoms with van der Waals surface area (Å²) in [7, 11) is 0. The molecule has 3 nitrogen and oxygen atoms in total. The van der Waals surface area contributed by atoms with Crippen LogP contribution < -0.4 is 5.32 Å². The zero-order valence-electron chi connectivity index (χ0n) is 9.60. The van der Waals surface area contributed by atoms with Gasteiger partial charge < -0.3 is 9.73 Å². The van der Waals surface area contributed by atoms with Gasteiger partial charge in [0.25, 0.3) is 0 Å². The summed E-state index contributed by atoms with van der Waals surface area (Å²) in [6.45, 7) is 4.17. The molecule has 2 heterocycles. The van der Waals surface area contributed by atoms with E-state index in [9.17, 15) is 0 Å². The summed E-state index contributed by atoms with van der Waals surface area (Å²) in [6.07, 6.45) is 6.27. The number of hydrogen-bond donors (Lipinski definition) is 1. The smallest absolute Gasteiger partial charge is 0.105 e. The van der Waals surface area contributed by atoms with Crippen molar-refractivity contribution >= 4 is 5.69 Å². The van der Waals surface area contributed by atoms with Gasteiger partial charge in [-0.1, -0.05) is 0 Å². The fourth-order valence-corrected chi connectivity index (χ4v) is 1.70. The molecule has 0 aliphatic heterocycles. The lowest BCUT2D eigenvalue weighted by Gasteiger charge is -2.13. The van der Waals surface area contributed by atoms with E-state index in [1.807, 2.05) is 31.5 Å². The number of aryl methyl sites for hydroxylation is 1. The Bertz CT molecular complexity index is 437. The van der Waals surface area contributed by atoms with Crippen molar-refractivity contribution in [1.82, 2.24) is 4.98 Å². The lowest BCUT2D eigenvalue weighted by atomic mass is 10.2. The fraction of sp³-hybridized carbons (Fsp3) is 0.308. The normalized spacial score (nSPS) is 12.4. The van der Waals surface area contributed by atoms with Crippen molar-refractivity contribution < 1.29 is 4.42 Å². The second kappa shape index (κ2) is 4.84. The second-order valence-corrected chi connectivity index (χ2v) is 4.08. The summed E-state index contributed by atoms with van der Waals surface area (Å²) >= 11 is 0. The van der Waals surface area contributed by atoms with Gasteiger partial charge in [-0.05, 0) is 37.6 Å². The van der Waals surface area contributed by atoms with E-state index >= 15 is 0 Å². The highest BCUT2D eigenvalue weighted by Gasteiger charge is 2.05. The number of rotatable bonds is 4. The van der Waals surface area contributed by atoms with E-state index in [0.717, 1.165) is 23.4 Å². The van der Waals surface area contributed by atoms with Gasteiger partial charge in [-0.2, -0.15) is 0 Å². The molecule has 0 amide bonds. The average molecular weight is 216 g/mol. The molecule has 1 N–H and O–H groups in total. The Kier molecular flexibility index (Phi) is 3.25. The van der Waals surface area contributed by atoms with E-state index in [0.29, 0.717) is 6.04 Å². The van der Waals surface area contributed by atoms with Crippen LogP contribution in [0.2, 0.25) is 0 Å². The molecule has 2 aromatic rings. The van der Waals surface area contributed by atoms with Gasteiger partial charge in [0.1, 0.15) is 5.76 Å². The summed E-state index contributed by atoms with van der Waals surface area (Å²) in [4.78, 5) is 4.15. The van der Waals surface area contributed by atoms with Gasteiger partial charge in [0, 0.05) is 24.9 Å². The predicted molar refractivity (Wildman–Crippen MR) is 64.5 cm³/mol. The molecule has 0 aliphatic rings. The maximum absolute atomic E-state index is 5.31. The Labute approximate surface area is 95.5 Å². The minimum absolute atomic E-state index is 0.328. The maximum atomic E-state index is 5.31. The van der Waals surface area contributed by atoms with Crippen molar-refractivity contribution in [3.8, 4) is 0 Å². The second-order valence-electron chi connectivity index (χ2n) is 4.08. The van der Waals surface area contributed by atoms with Crippen LogP contribution in [0.25, 0.3) is 0 Å². The number of pyridine rings is 1. The number of furan rings is 1. The predicted octanol–water partition coefficient (Wildman–Crippen LogP) is 3.03. The minimum atomic E-state index is 0.328. The van der Waals surface area contributed by atoms with Crippen LogP contribution in [0.15, 0.2) is 41.3 Å². The van der Waals surface area contributed by atoms with Crippen LogP contribution in [0, 0.1) is 6.92 Å². The minimum Gasteiger partial charge on any atom is -0.469 e. The van der Waals surface area contributed by atoms with Gasteiger partial charge in [-0.15, -0.1) is 0 Å². The molecule has 16 heavy (non-hydrogen) atoms. The van der Waals surface area contributed by atoms with E-state index in [1.54, 1.807) is 6.26 Å². The molecule has 1 atom stereocenters. The molecule has 0 saturated carbocycles. The Morgan fingerprint density at radius 2 is 2.31 bits per heavy atom. The molecule has 0 aliphatic carbocycles.